The Morgan fingerprint density at radius 1 is 1.39 bits per heavy atom. The Hall–Kier alpha value is -0.580. The van der Waals surface area contributed by atoms with Crippen LogP contribution in [0.4, 0.5) is 13.2 Å². The van der Waals surface area contributed by atoms with E-state index in [4.69, 9.17) is 0 Å². The summed E-state index contributed by atoms with van der Waals surface area (Å²) in [6, 6.07) is 0. The number of rotatable bonds is 4. The van der Waals surface area contributed by atoms with Crippen molar-refractivity contribution in [3.63, 3.8) is 0 Å². The first-order valence-corrected chi connectivity index (χ1v) is 6.41. The Morgan fingerprint density at radius 2 is 2.00 bits per heavy atom. The van der Waals surface area contributed by atoms with Crippen LogP contribution in [0.25, 0.3) is 0 Å². The van der Waals surface area contributed by atoms with Gasteiger partial charge in [-0.15, -0.1) is 0 Å². The smallest absolute Gasteiger partial charge is 0.305 e. The van der Waals surface area contributed by atoms with Gasteiger partial charge in [0.25, 0.3) is 0 Å². The van der Waals surface area contributed by atoms with Crippen LogP contribution in [0.2, 0.25) is 0 Å². The monoisotopic (exact) mass is 265 g/mol. The van der Waals surface area contributed by atoms with Gasteiger partial charge in [-0.3, -0.25) is 4.79 Å². The Morgan fingerprint density at radius 3 is 2.56 bits per heavy atom. The van der Waals surface area contributed by atoms with Crippen LogP contribution in [-0.4, -0.2) is 37.0 Å². The summed E-state index contributed by atoms with van der Waals surface area (Å²) in [4.78, 5) is 13.8. The van der Waals surface area contributed by atoms with E-state index in [0.717, 1.165) is 19.3 Å². The van der Waals surface area contributed by atoms with Crippen LogP contribution in [-0.2, 0) is 4.79 Å². The average Bonchev–Trinajstić information content (AvgIpc) is 2.21. The molecule has 0 aliphatic heterocycles. The average molecular weight is 265 g/mol. The number of carbonyl (C=O) groups is 1. The first-order chi connectivity index (χ1) is 8.12. The first kappa shape index (κ1) is 15.5. The largest absolute Gasteiger partial charge is 0.390 e. The van der Waals surface area contributed by atoms with Gasteiger partial charge in [0, 0.05) is 24.4 Å². The number of carbonyl (C=O) groups excluding carboxylic acids is 1. The van der Waals surface area contributed by atoms with E-state index in [-0.39, 0.29) is 23.7 Å². The van der Waals surface area contributed by atoms with Gasteiger partial charge in [-0.2, -0.15) is 13.2 Å². The third-order valence-corrected chi connectivity index (χ3v) is 3.70. The Labute approximate surface area is 107 Å². The highest BCUT2D eigenvalue weighted by Crippen LogP contribution is 2.35. The highest BCUT2D eigenvalue weighted by atomic mass is 19.4. The van der Waals surface area contributed by atoms with Crippen LogP contribution >= 0.6 is 0 Å². The van der Waals surface area contributed by atoms with Crippen molar-refractivity contribution in [1.82, 2.24) is 4.90 Å². The molecular weight excluding hydrogens is 243 g/mol. The summed E-state index contributed by atoms with van der Waals surface area (Å²) in [7, 11) is 1.65. The number of nitrogens with zero attached hydrogens (tertiary/aromatic N) is 1. The van der Waals surface area contributed by atoms with Gasteiger partial charge in [0.15, 0.2) is 0 Å². The van der Waals surface area contributed by atoms with E-state index in [1.54, 1.807) is 11.9 Å². The second-order valence-electron chi connectivity index (χ2n) is 5.96. The van der Waals surface area contributed by atoms with Crippen molar-refractivity contribution >= 4 is 5.78 Å². The third-order valence-electron chi connectivity index (χ3n) is 3.70. The number of Topliss-reactive ketones (excluding diaryl/α,β-unsaturated/α-hetero) is 1. The second kappa shape index (κ2) is 5.59. The molecule has 106 valence electrons. The molecule has 0 aromatic rings. The van der Waals surface area contributed by atoms with E-state index in [0.29, 0.717) is 6.54 Å². The fraction of sp³-hybridized carbons (Fsp3) is 0.923. The number of alkyl halides is 3. The molecule has 0 N–H and O–H groups in total. The number of hydrogen-bond acceptors (Lipinski definition) is 2. The van der Waals surface area contributed by atoms with Crippen molar-refractivity contribution in [2.24, 2.45) is 11.3 Å². The molecular formula is C13H22F3NO. The van der Waals surface area contributed by atoms with Gasteiger partial charge >= 0.3 is 6.18 Å². The van der Waals surface area contributed by atoms with Crippen molar-refractivity contribution in [3.8, 4) is 0 Å². The molecule has 1 aliphatic carbocycles. The standard InChI is InChI=1S/C13H22F3NO/c1-12(2)6-4-5-10(11(12)18)9-17(3)8-7-13(14,15)16/h10H,4-9H2,1-3H3. The van der Waals surface area contributed by atoms with E-state index in [1.807, 2.05) is 13.8 Å². The maximum Gasteiger partial charge on any atom is 0.390 e. The molecule has 0 bridgehead atoms. The molecule has 1 unspecified atom stereocenters. The molecule has 0 aromatic carbocycles. The molecule has 1 rings (SSSR count). The van der Waals surface area contributed by atoms with Gasteiger partial charge in [0.05, 0.1) is 6.42 Å². The first-order valence-electron chi connectivity index (χ1n) is 6.41. The van der Waals surface area contributed by atoms with E-state index < -0.39 is 12.6 Å². The van der Waals surface area contributed by atoms with E-state index in [9.17, 15) is 18.0 Å². The zero-order chi connectivity index (χ0) is 14.0. The second-order valence-corrected chi connectivity index (χ2v) is 5.96. The SMILES string of the molecule is CN(CCC(F)(F)F)CC1CCCC(C)(C)C1=O. The van der Waals surface area contributed by atoms with Gasteiger partial charge in [-0.05, 0) is 19.9 Å². The molecule has 1 aliphatic rings. The summed E-state index contributed by atoms with van der Waals surface area (Å²) in [6.07, 6.45) is -2.26. The van der Waals surface area contributed by atoms with Crippen LogP contribution in [0.3, 0.4) is 0 Å². The highest BCUT2D eigenvalue weighted by Gasteiger charge is 2.37. The normalized spacial score (nSPS) is 24.6. The topological polar surface area (TPSA) is 20.3 Å². The van der Waals surface area contributed by atoms with E-state index >= 15 is 0 Å². The number of ketones is 1. The van der Waals surface area contributed by atoms with Crippen molar-refractivity contribution in [2.75, 3.05) is 20.1 Å². The molecule has 0 spiro atoms. The molecule has 0 radical (unpaired) electrons. The number of hydrogen-bond donors (Lipinski definition) is 0. The van der Waals surface area contributed by atoms with Gasteiger partial charge < -0.3 is 4.90 Å². The lowest BCUT2D eigenvalue weighted by atomic mass is 9.71. The summed E-state index contributed by atoms with van der Waals surface area (Å²) in [5.41, 5.74) is -0.312. The lowest BCUT2D eigenvalue weighted by molar-refractivity contribution is -0.139. The van der Waals surface area contributed by atoms with Gasteiger partial charge in [-0.1, -0.05) is 20.3 Å². The third kappa shape index (κ3) is 4.59. The Balaban J connectivity index is 2.44. The van der Waals surface area contributed by atoms with Gasteiger partial charge in [0.2, 0.25) is 0 Å². The fourth-order valence-corrected chi connectivity index (χ4v) is 2.56. The Kier molecular flexibility index (Phi) is 4.81. The molecule has 0 amide bonds. The zero-order valence-corrected chi connectivity index (χ0v) is 11.3. The molecule has 0 heterocycles. The molecule has 1 atom stereocenters. The van der Waals surface area contributed by atoms with Gasteiger partial charge in [0.1, 0.15) is 5.78 Å². The van der Waals surface area contributed by atoms with Crippen molar-refractivity contribution < 1.29 is 18.0 Å². The minimum atomic E-state index is -4.12. The van der Waals surface area contributed by atoms with Crippen LogP contribution in [0.15, 0.2) is 0 Å². The van der Waals surface area contributed by atoms with Crippen LogP contribution in [0.5, 0.6) is 0 Å². The molecule has 5 heteroatoms. The quantitative estimate of drug-likeness (QED) is 0.777. The van der Waals surface area contributed by atoms with Crippen LogP contribution in [0.1, 0.15) is 39.5 Å². The van der Waals surface area contributed by atoms with Crippen LogP contribution < -0.4 is 0 Å². The van der Waals surface area contributed by atoms with Crippen molar-refractivity contribution in [3.05, 3.63) is 0 Å². The van der Waals surface area contributed by atoms with Crippen LogP contribution in [0, 0.1) is 11.3 Å². The molecule has 0 saturated heterocycles. The zero-order valence-electron chi connectivity index (χ0n) is 11.3. The lowest BCUT2D eigenvalue weighted by Crippen LogP contribution is -2.41. The summed E-state index contributed by atoms with van der Waals surface area (Å²) < 4.78 is 36.3. The predicted octanol–water partition coefficient (Wildman–Crippen LogP) is 3.27. The summed E-state index contributed by atoms with van der Waals surface area (Å²) in [6.45, 7) is 4.26. The molecule has 1 saturated carbocycles. The molecule has 18 heavy (non-hydrogen) atoms. The molecule has 1 fully saturated rings. The van der Waals surface area contributed by atoms with Gasteiger partial charge in [-0.25, -0.2) is 0 Å². The minimum Gasteiger partial charge on any atom is -0.305 e. The predicted molar refractivity (Wildman–Crippen MR) is 64.3 cm³/mol. The summed E-state index contributed by atoms with van der Waals surface area (Å²) >= 11 is 0. The van der Waals surface area contributed by atoms with Crippen molar-refractivity contribution in [1.29, 1.82) is 0 Å². The lowest BCUT2D eigenvalue weighted by Gasteiger charge is -2.35. The summed E-state index contributed by atoms with van der Waals surface area (Å²) in [5.74, 6) is 0.0968. The maximum atomic E-state index is 12.1. The Bertz CT molecular complexity index is 299. The van der Waals surface area contributed by atoms with Crippen molar-refractivity contribution in [2.45, 2.75) is 45.7 Å². The molecule has 2 nitrogen and oxygen atoms in total. The maximum absolute atomic E-state index is 12.1. The summed E-state index contributed by atoms with van der Waals surface area (Å²) in [5, 5.41) is 0. The number of halogens is 3. The highest BCUT2D eigenvalue weighted by molar-refractivity contribution is 5.87. The minimum absolute atomic E-state index is 0.0340. The molecule has 0 aromatic heterocycles. The van der Waals surface area contributed by atoms with E-state index in [1.165, 1.54) is 0 Å². The fourth-order valence-electron chi connectivity index (χ4n) is 2.56. The van der Waals surface area contributed by atoms with E-state index in [2.05, 4.69) is 0 Å².